The molecule has 0 aromatic heterocycles. The maximum atomic E-state index is 12.5. The zero-order valence-electron chi connectivity index (χ0n) is 19.5. The molecule has 0 radical (unpaired) electrons. The summed E-state index contributed by atoms with van der Waals surface area (Å²) in [5.41, 5.74) is 4.56. The number of esters is 1. The van der Waals surface area contributed by atoms with Gasteiger partial charge in [0, 0.05) is 24.2 Å². The van der Waals surface area contributed by atoms with Gasteiger partial charge in [0.15, 0.2) is 12.4 Å². The van der Waals surface area contributed by atoms with E-state index in [1.165, 1.54) is 5.56 Å². The second-order valence-corrected chi connectivity index (χ2v) is 8.64. The first-order valence-electron chi connectivity index (χ1n) is 11.2. The number of Topliss-reactive ketones (excluding diaryl/α,β-unsaturated/α-hetero) is 1. The third kappa shape index (κ3) is 5.34. The molecule has 6 heteroatoms. The van der Waals surface area contributed by atoms with Crippen molar-refractivity contribution in [2.45, 2.75) is 27.2 Å². The van der Waals surface area contributed by atoms with Crippen LogP contribution < -0.4 is 9.64 Å². The van der Waals surface area contributed by atoms with Crippen LogP contribution >= 0.6 is 0 Å². The maximum Gasteiger partial charge on any atom is 0.311 e. The van der Waals surface area contributed by atoms with Gasteiger partial charge in [0.1, 0.15) is 11.5 Å². The van der Waals surface area contributed by atoms with Gasteiger partial charge in [-0.3, -0.25) is 14.4 Å². The lowest BCUT2D eigenvalue weighted by Gasteiger charge is -2.17. The van der Waals surface area contributed by atoms with Crippen molar-refractivity contribution in [3.05, 3.63) is 89.0 Å². The average molecular weight is 458 g/mol. The zero-order chi connectivity index (χ0) is 24.2. The molecular weight excluding hydrogens is 430 g/mol. The lowest BCUT2D eigenvalue weighted by Crippen LogP contribution is -2.27. The molecule has 3 aromatic carbocycles. The SMILES string of the molecule is Cc1ccc(C(=O)COC(=O)[C@@H]2CC(=O)N(c3ccc(Oc4ccc(C)c(C)c4)cc3)C2)cc1. The molecule has 1 atom stereocenters. The van der Waals surface area contributed by atoms with E-state index in [9.17, 15) is 14.4 Å². The fraction of sp³-hybridized carbons (Fsp3) is 0.250. The van der Waals surface area contributed by atoms with Gasteiger partial charge in [-0.2, -0.15) is 0 Å². The van der Waals surface area contributed by atoms with Crippen molar-refractivity contribution in [2.24, 2.45) is 5.92 Å². The van der Waals surface area contributed by atoms with Gasteiger partial charge in [-0.1, -0.05) is 35.9 Å². The van der Waals surface area contributed by atoms with Crippen molar-refractivity contribution >= 4 is 23.3 Å². The van der Waals surface area contributed by atoms with E-state index in [0.29, 0.717) is 17.0 Å². The fourth-order valence-corrected chi connectivity index (χ4v) is 3.80. The molecule has 0 N–H and O–H groups in total. The van der Waals surface area contributed by atoms with Gasteiger partial charge in [0.25, 0.3) is 0 Å². The lowest BCUT2D eigenvalue weighted by atomic mass is 10.1. The number of aryl methyl sites for hydroxylation is 3. The van der Waals surface area contributed by atoms with E-state index in [1.54, 1.807) is 41.3 Å². The Bertz CT molecular complexity index is 1210. The number of hydrogen-bond donors (Lipinski definition) is 0. The van der Waals surface area contributed by atoms with E-state index < -0.39 is 11.9 Å². The summed E-state index contributed by atoms with van der Waals surface area (Å²) < 4.78 is 11.1. The molecule has 174 valence electrons. The second-order valence-electron chi connectivity index (χ2n) is 8.64. The van der Waals surface area contributed by atoms with Crippen LogP contribution in [0.1, 0.15) is 33.5 Å². The Hall–Kier alpha value is -3.93. The van der Waals surface area contributed by atoms with Gasteiger partial charge in [-0.25, -0.2) is 0 Å². The molecule has 0 bridgehead atoms. The summed E-state index contributed by atoms with van der Waals surface area (Å²) in [5, 5.41) is 0. The van der Waals surface area contributed by atoms with Crippen molar-refractivity contribution in [3.8, 4) is 11.5 Å². The molecule has 1 aliphatic rings. The number of ketones is 1. The molecule has 34 heavy (non-hydrogen) atoms. The Morgan fingerprint density at radius 2 is 1.56 bits per heavy atom. The highest BCUT2D eigenvalue weighted by atomic mass is 16.5. The Kier molecular flexibility index (Phi) is 6.77. The van der Waals surface area contributed by atoms with E-state index in [-0.39, 0.29) is 31.3 Å². The number of carbonyl (C=O) groups is 3. The van der Waals surface area contributed by atoms with Crippen LogP contribution in [0.4, 0.5) is 5.69 Å². The number of carbonyl (C=O) groups excluding carboxylic acids is 3. The standard InChI is InChI=1S/C28H27NO5/c1-18-4-7-21(8-5-18)26(30)17-33-28(32)22-15-27(31)29(16-22)23-9-12-24(13-10-23)34-25-11-6-19(2)20(3)14-25/h4-14,22H,15-17H2,1-3H3/t22-/m1/s1. The lowest BCUT2D eigenvalue weighted by molar-refractivity contribution is -0.147. The summed E-state index contributed by atoms with van der Waals surface area (Å²) in [5.74, 6) is -0.167. The van der Waals surface area contributed by atoms with Crippen molar-refractivity contribution < 1.29 is 23.9 Å². The number of amides is 1. The molecule has 1 aliphatic heterocycles. The molecule has 1 fully saturated rings. The van der Waals surface area contributed by atoms with E-state index in [1.807, 2.05) is 51.1 Å². The number of rotatable bonds is 7. The van der Waals surface area contributed by atoms with Gasteiger partial charge in [-0.15, -0.1) is 0 Å². The number of hydrogen-bond acceptors (Lipinski definition) is 5. The summed E-state index contributed by atoms with van der Waals surface area (Å²) in [7, 11) is 0. The van der Waals surface area contributed by atoms with Gasteiger partial charge in [0.05, 0.1) is 5.92 Å². The van der Waals surface area contributed by atoms with Crippen molar-refractivity contribution in [1.29, 1.82) is 0 Å². The van der Waals surface area contributed by atoms with Crippen molar-refractivity contribution in [3.63, 3.8) is 0 Å². The monoisotopic (exact) mass is 457 g/mol. The fourth-order valence-electron chi connectivity index (χ4n) is 3.80. The summed E-state index contributed by atoms with van der Waals surface area (Å²) in [6, 6.07) is 20.2. The first-order chi connectivity index (χ1) is 16.3. The molecular formula is C28H27NO5. The highest BCUT2D eigenvalue weighted by Crippen LogP contribution is 2.29. The minimum atomic E-state index is -0.607. The largest absolute Gasteiger partial charge is 0.457 e. The Labute approximate surface area is 199 Å². The second kappa shape index (κ2) is 9.91. The van der Waals surface area contributed by atoms with Crippen LogP contribution in [0, 0.1) is 26.7 Å². The first-order valence-corrected chi connectivity index (χ1v) is 11.2. The minimum absolute atomic E-state index is 0.0540. The Morgan fingerprint density at radius 1 is 0.882 bits per heavy atom. The van der Waals surface area contributed by atoms with E-state index in [2.05, 4.69) is 0 Å². The minimum Gasteiger partial charge on any atom is -0.457 e. The molecule has 6 nitrogen and oxygen atoms in total. The predicted octanol–water partition coefficient (Wildman–Crippen LogP) is 5.18. The molecule has 0 saturated carbocycles. The van der Waals surface area contributed by atoms with Crippen molar-refractivity contribution in [2.75, 3.05) is 18.1 Å². The third-order valence-electron chi connectivity index (χ3n) is 6.04. The van der Waals surface area contributed by atoms with Gasteiger partial charge >= 0.3 is 5.97 Å². The molecule has 3 aromatic rings. The molecule has 4 rings (SSSR count). The normalized spacial score (nSPS) is 15.3. The van der Waals surface area contributed by atoms with Gasteiger partial charge in [0.2, 0.25) is 5.91 Å². The van der Waals surface area contributed by atoms with Crippen LogP contribution in [-0.4, -0.2) is 30.8 Å². The molecule has 1 amide bonds. The Morgan fingerprint density at radius 3 is 2.24 bits per heavy atom. The summed E-state index contributed by atoms with van der Waals surface area (Å²) >= 11 is 0. The van der Waals surface area contributed by atoms with Gasteiger partial charge in [-0.05, 0) is 68.3 Å². The number of ether oxygens (including phenoxy) is 2. The average Bonchev–Trinajstić information content (AvgIpc) is 3.22. The van der Waals surface area contributed by atoms with Crippen LogP contribution in [0.25, 0.3) is 0 Å². The number of nitrogens with zero attached hydrogens (tertiary/aromatic N) is 1. The Balaban J connectivity index is 1.33. The smallest absolute Gasteiger partial charge is 0.311 e. The summed E-state index contributed by atoms with van der Waals surface area (Å²) in [6.45, 7) is 5.89. The van der Waals surface area contributed by atoms with Crippen LogP contribution in [-0.2, 0) is 14.3 Å². The van der Waals surface area contributed by atoms with Crippen LogP contribution in [0.2, 0.25) is 0 Å². The van der Waals surface area contributed by atoms with E-state index in [0.717, 1.165) is 16.9 Å². The topological polar surface area (TPSA) is 72.9 Å². The molecule has 0 aliphatic carbocycles. The molecule has 0 unspecified atom stereocenters. The van der Waals surface area contributed by atoms with E-state index >= 15 is 0 Å². The van der Waals surface area contributed by atoms with Crippen LogP contribution in [0.3, 0.4) is 0 Å². The van der Waals surface area contributed by atoms with E-state index in [4.69, 9.17) is 9.47 Å². The molecule has 1 saturated heterocycles. The van der Waals surface area contributed by atoms with Gasteiger partial charge < -0.3 is 14.4 Å². The molecule has 1 heterocycles. The summed E-state index contributed by atoms with van der Waals surface area (Å²) in [6.07, 6.45) is 0.0540. The third-order valence-corrected chi connectivity index (χ3v) is 6.04. The van der Waals surface area contributed by atoms with Crippen LogP contribution in [0.5, 0.6) is 11.5 Å². The highest BCUT2D eigenvalue weighted by Gasteiger charge is 2.36. The molecule has 0 spiro atoms. The van der Waals surface area contributed by atoms with Crippen LogP contribution in [0.15, 0.2) is 66.7 Å². The number of benzene rings is 3. The predicted molar refractivity (Wildman–Crippen MR) is 129 cm³/mol. The maximum absolute atomic E-state index is 12.5. The summed E-state index contributed by atoms with van der Waals surface area (Å²) in [4.78, 5) is 38.9. The highest BCUT2D eigenvalue weighted by molar-refractivity contribution is 6.01. The number of anilines is 1. The van der Waals surface area contributed by atoms with Crippen molar-refractivity contribution in [1.82, 2.24) is 0 Å². The quantitative estimate of drug-likeness (QED) is 0.361. The first kappa shape index (κ1) is 23.2. The zero-order valence-corrected chi connectivity index (χ0v) is 19.5.